The number of H-pyrrole nitrogens is 1. The highest BCUT2D eigenvalue weighted by Crippen LogP contribution is 2.44. The quantitative estimate of drug-likeness (QED) is 0.324. The molecule has 8 nitrogen and oxygen atoms in total. The number of aromatic amines is 1. The molecule has 4 N–H and O–H groups in total. The lowest BCUT2D eigenvalue weighted by molar-refractivity contribution is 0.0193. The molecule has 0 saturated heterocycles. The maximum Gasteiger partial charge on any atom is 0.407 e. The summed E-state index contributed by atoms with van der Waals surface area (Å²) in [5, 5.41) is 23.7. The van der Waals surface area contributed by atoms with E-state index >= 15 is 0 Å². The second-order valence-electron chi connectivity index (χ2n) is 7.85. The number of amides is 1. The van der Waals surface area contributed by atoms with Gasteiger partial charge in [-0.15, -0.1) is 0 Å². The SMILES string of the molecule is O=C(NCC(O)C(O)c1c[nH]c2c(Cl)ncnc12)OCC1c2ccccc2-c2ccccc21. The van der Waals surface area contributed by atoms with Crippen molar-refractivity contribution >= 4 is 28.7 Å². The summed E-state index contributed by atoms with van der Waals surface area (Å²) in [6, 6.07) is 16.1. The number of carbonyl (C=O) groups is 1. The summed E-state index contributed by atoms with van der Waals surface area (Å²) < 4.78 is 5.46. The number of alkyl carbamates (subject to hydrolysis) is 1. The number of aromatic nitrogens is 3. The Balaban J connectivity index is 1.20. The lowest BCUT2D eigenvalue weighted by Crippen LogP contribution is -2.36. The smallest absolute Gasteiger partial charge is 0.407 e. The molecule has 2 heterocycles. The number of rotatable bonds is 6. The van der Waals surface area contributed by atoms with Crippen molar-refractivity contribution in [1.29, 1.82) is 0 Å². The number of hydrogen-bond acceptors (Lipinski definition) is 6. The van der Waals surface area contributed by atoms with Gasteiger partial charge in [0.25, 0.3) is 0 Å². The van der Waals surface area contributed by atoms with Crippen LogP contribution in [0.1, 0.15) is 28.7 Å². The van der Waals surface area contributed by atoms with Crippen LogP contribution in [0.2, 0.25) is 5.15 Å². The molecule has 2 aromatic carbocycles. The van der Waals surface area contributed by atoms with Gasteiger partial charge in [-0.05, 0) is 22.3 Å². The van der Waals surface area contributed by atoms with Crippen molar-refractivity contribution < 1.29 is 19.7 Å². The molecule has 9 heteroatoms. The van der Waals surface area contributed by atoms with E-state index in [1.54, 1.807) is 0 Å². The highest BCUT2D eigenvalue weighted by molar-refractivity contribution is 6.33. The van der Waals surface area contributed by atoms with E-state index in [4.69, 9.17) is 16.3 Å². The van der Waals surface area contributed by atoms with Crippen molar-refractivity contribution in [1.82, 2.24) is 20.3 Å². The molecule has 0 aliphatic heterocycles. The van der Waals surface area contributed by atoms with E-state index in [-0.39, 0.29) is 24.2 Å². The Kier molecular flexibility index (Phi) is 5.72. The molecule has 0 radical (unpaired) electrons. The van der Waals surface area contributed by atoms with Gasteiger partial charge in [-0.3, -0.25) is 0 Å². The molecule has 1 amide bonds. The maximum absolute atomic E-state index is 12.3. The van der Waals surface area contributed by atoms with Crippen LogP contribution in [-0.2, 0) is 4.74 Å². The minimum absolute atomic E-state index is 0.0608. The Bertz CT molecular complexity index is 1280. The lowest BCUT2D eigenvalue weighted by Gasteiger charge is -2.18. The Hall–Kier alpha value is -3.46. The van der Waals surface area contributed by atoms with E-state index < -0.39 is 18.3 Å². The minimum atomic E-state index is -1.29. The molecule has 33 heavy (non-hydrogen) atoms. The van der Waals surface area contributed by atoms with Crippen LogP contribution in [0.4, 0.5) is 4.79 Å². The van der Waals surface area contributed by atoms with Gasteiger partial charge < -0.3 is 25.3 Å². The van der Waals surface area contributed by atoms with Crippen LogP contribution in [0.5, 0.6) is 0 Å². The average Bonchev–Trinajstić information content (AvgIpc) is 3.41. The van der Waals surface area contributed by atoms with Crippen LogP contribution < -0.4 is 5.32 Å². The minimum Gasteiger partial charge on any atom is -0.449 e. The number of halogens is 1. The van der Waals surface area contributed by atoms with Gasteiger partial charge in [0.1, 0.15) is 30.7 Å². The summed E-state index contributed by atoms with van der Waals surface area (Å²) in [7, 11) is 0. The van der Waals surface area contributed by atoms with Crippen LogP contribution in [0.25, 0.3) is 22.2 Å². The van der Waals surface area contributed by atoms with E-state index in [9.17, 15) is 15.0 Å². The highest BCUT2D eigenvalue weighted by Gasteiger charge is 2.29. The highest BCUT2D eigenvalue weighted by atomic mass is 35.5. The predicted octanol–water partition coefficient (Wildman–Crippen LogP) is 3.54. The zero-order valence-electron chi connectivity index (χ0n) is 17.4. The summed E-state index contributed by atoms with van der Waals surface area (Å²) in [5.74, 6) is -0.0608. The number of fused-ring (bicyclic) bond motifs is 4. The van der Waals surface area contributed by atoms with E-state index in [0.717, 1.165) is 22.3 Å². The molecule has 0 saturated carbocycles. The van der Waals surface area contributed by atoms with Gasteiger partial charge in [-0.25, -0.2) is 14.8 Å². The molecule has 168 valence electrons. The topological polar surface area (TPSA) is 120 Å². The second kappa shape index (κ2) is 8.82. The number of nitrogens with one attached hydrogen (secondary N) is 2. The zero-order valence-corrected chi connectivity index (χ0v) is 18.2. The molecule has 5 rings (SSSR count). The Morgan fingerprint density at radius 1 is 1.09 bits per heavy atom. The van der Waals surface area contributed by atoms with Crippen molar-refractivity contribution in [2.75, 3.05) is 13.2 Å². The molecular weight excluding hydrogens is 444 g/mol. The molecule has 2 aromatic heterocycles. The molecule has 4 aromatic rings. The van der Waals surface area contributed by atoms with Gasteiger partial charge in [0, 0.05) is 24.2 Å². The van der Waals surface area contributed by atoms with Crippen molar-refractivity contribution in [2.24, 2.45) is 0 Å². The van der Waals surface area contributed by atoms with E-state index in [1.165, 1.54) is 12.5 Å². The number of aliphatic hydroxyl groups is 2. The molecule has 2 atom stereocenters. The molecule has 0 bridgehead atoms. The molecule has 0 fully saturated rings. The number of carbonyl (C=O) groups excluding carboxylic acids is 1. The number of nitrogens with zero attached hydrogens (tertiary/aromatic N) is 2. The van der Waals surface area contributed by atoms with Crippen LogP contribution in [-0.4, -0.2) is 50.5 Å². The first-order valence-electron chi connectivity index (χ1n) is 10.5. The normalized spacial score (nSPS) is 14.5. The predicted molar refractivity (Wildman–Crippen MR) is 123 cm³/mol. The van der Waals surface area contributed by atoms with Crippen molar-refractivity contribution in [3.63, 3.8) is 0 Å². The number of aliphatic hydroxyl groups excluding tert-OH is 2. The summed E-state index contributed by atoms with van der Waals surface area (Å²) in [5.41, 5.74) is 5.74. The summed E-state index contributed by atoms with van der Waals surface area (Å²) in [4.78, 5) is 23.2. The van der Waals surface area contributed by atoms with Gasteiger partial charge in [-0.1, -0.05) is 60.1 Å². The maximum atomic E-state index is 12.3. The van der Waals surface area contributed by atoms with Gasteiger partial charge in [0.05, 0.1) is 5.52 Å². The van der Waals surface area contributed by atoms with E-state index in [1.807, 2.05) is 36.4 Å². The van der Waals surface area contributed by atoms with Crippen LogP contribution in [0.3, 0.4) is 0 Å². The van der Waals surface area contributed by atoms with Crippen LogP contribution >= 0.6 is 11.6 Å². The van der Waals surface area contributed by atoms with Crippen molar-refractivity contribution in [3.8, 4) is 11.1 Å². The first kappa shape index (κ1) is 21.4. The number of hydrogen-bond donors (Lipinski definition) is 4. The fourth-order valence-corrected chi connectivity index (χ4v) is 4.50. The van der Waals surface area contributed by atoms with Crippen LogP contribution in [0.15, 0.2) is 61.1 Å². The standard InChI is InChI=1S/C24H21ClN4O4/c25-23-21-20(28-12-29-23)17(9-26-21)22(31)19(30)10-27-24(32)33-11-18-15-7-3-1-5-13(15)14-6-2-4-8-16(14)18/h1-9,12,18-19,22,26,30-31H,10-11H2,(H,27,32). The Morgan fingerprint density at radius 3 is 2.45 bits per heavy atom. The first-order valence-corrected chi connectivity index (χ1v) is 10.8. The summed E-state index contributed by atoms with van der Waals surface area (Å²) >= 11 is 6.01. The largest absolute Gasteiger partial charge is 0.449 e. The number of benzene rings is 2. The van der Waals surface area contributed by atoms with Crippen LogP contribution in [0, 0.1) is 0 Å². The van der Waals surface area contributed by atoms with Gasteiger partial charge in [-0.2, -0.15) is 0 Å². The fraction of sp³-hybridized carbons (Fsp3) is 0.208. The molecule has 0 spiro atoms. The third-order valence-corrected chi connectivity index (χ3v) is 6.22. The van der Waals surface area contributed by atoms with E-state index in [2.05, 4.69) is 32.4 Å². The molecule has 2 unspecified atom stereocenters. The Labute approximate surface area is 194 Å². The third kappa shape index (κ3) is 3.93. The Morgan fingerprint density at radius 2 is 1.76 bits per heavy atom. The van der Waals surface area contributed by atoms with Gasteiger partial charge >= 0.3 is 6.09 Å². The molecular formula is C24H21ClN4O4. The zero-order chi connectivity index (χ0) is 22.9. The monoisotopic (exact) mass is 464 g/mol. The third-order valence-electron chi connectivity index (χ3n) is 5.93. The van der Waals surface area contributed by atoms with Crippen molar-refractivity contribution in [2.45, 2.75) is 18.1 Å². The second-order valence-corrected chi connectivity index (χ2v) is 8.21. The van der Waals surface area contributed by atoms with Gasteiger partial charge in [0.15, 0.2) is 5.15 Å². The summed E-state index contributed by atoms with van der Waals surface area (Å²) in [6.45, 7) is -0.0420. The first-order chi connectivity index (χ1) is 16.0. The molecule has 1 aliphatic rings. The fourth-order valence-electron chi connectivity index (χ4n) is 4.31. The van der Waals surface area contributed by atoms with Crippen molar-refractivity contribution in [3.05, 3.63) is 82.9 Å². The van der Waals surface area contributed by atoms with Gasteiger partial charge in [0.2, 0.25) is 0 Å². The molecule has 1 aliphatic carbocycles. The van der Waals surface area contributed by atoms with E-state index in [0.29, 0.717) is 16.6 Å². The number of ether oxygens (including phenoxy) is 1. The summed E-state index contributed by atoms with van der Waals surface area (Å²) in [6.07, 6.45) is -0.466. The average molecular weight is 465 g/mol. The lowest BCUT2D eigenvalue weighted by atomic mass is 9.98.